The Morgan fingerprint density at radius 3 is 2.33 bits per heavy atom. The molecule has 0 bridgehead atoms. The Morgan fingerprint density at radius 1 is 1.00 bits per heavy atom. The monoisotopic (exact) mass is 362 g/mol. The lowest BCUT2D eigenvalue weighted by Gasteiger charge is -2.13. The molecule has 0 spiro atoms. The molecule has 134 valence electrons. The third-order valence-electron chi connectivity index (χ3n) is 4.11. The van der Waals surface area contributed by atoms with E-state index < -0.39 is 11.8 Å². The van der Waals surface area contributed by atoms with Crippen LogP contribution in [0.2, 0.25) is 0 Å². The number of hydrogen-bond donors (Lipinski definition) is 4. The number of carbonyl (C=O) groups is 2. The lowest BCUT2D eigenvalue weighted by Crippen LogP contribution is -2.36. The summed E-state index contributed by atoms with van der Waals surface area (Å²) in [5.41, 5.74) is 7.44. The number of amides is 2. The summed E-state index contributed by atoms with van der Waals surface area (Å²) in [5, 5.41) is 25.9. The van der Waals surface area contributed by atoms with E-state index in [1.165, 1.54) is 29.0 Å². The third kappa shape index (κ3) is 2.78. The summed E-state index contributed by atoms with van der Waals surface area (Å²) in [6.45, 7) is 0. The lowest BCUT2D eigenvalue weighted by atomic mass is 9.99. The van der Waals surface area contributed by atoms with Crippen LogP contribution in [0, 0.1) is 0 Å². The molecule has 1 aliphatic heterocycles. The second-order valence-electron chi connectivity index (χ2n) is 5.98. The molecule has 0 fully saturated rings. The molecule has 2 aromatic carbocycles. The summed E-state index contributed by atoms with van der Waals surface area (Å²) >= 11 is 0. The second kappa shape index (κ2) is 6.03. The highest BCUT2D eigenvalue weighted by atomic mass is 16.3. The van der Waals surface area contributed by atoms with Gasteiger partial charge in [0.2, 0.25) is 0 Å². The number of nitrogens with one attached hydrogen (secondary N) is 1. The number of aromatic nitrogens is 2. The number of nitrogens with zero attached hydrogens (tertiary/aromatic N) is 2. The Labute approximate surface area is 153 Å². The van der Waals surface area contributed by atoms with Crippen molar-refractivity contribution in [1.82, 2.24) is 15.1 Å². The highest BCUT2D eigenvalue weighted by molar-refractivity contribution is 6.34. The Morgan fingerprint density at radius 2 is 1.67 bits per heavy atom. The van der Waals surface area contributed by atoms with E-state index in [1.54, 1.807) is 24.3 Å². The smallest absolute Gasteiger partial charge is 0.264 e. The molecule has 0 saturated carbocycles. The van der Waals surface area contributed by atoms with Gasteiger partial charge >= 0.3 is 0 Å². The molecule has 2 heterocycles. The number of hydrogen-bond acceptors (Lipinski definition) is 6. The number of nitrogen functional groups attached to an aromatic ring is 1. The molecule has 0 atom stereocenters. The van der Waals surface area contributed by atoms with Crippen molar-refractivity contribution in [2.75, 3.05) is 5.73 Å². The number of benzene rings is 2. The molecule has 0 aliphatic carbocycles. The molecule has 0 saturated heterocycles. The number of rotatable bonds is 2. The number of carbonyl (C=O) groups excluding carboxylic acids is 2. The van der Waals surface area contributed by atoms with E-state index in [0.717, 1.165) is 0 Å². The summed E-state index contributed by atoms with van der Waals surface area (Å²) in [4.78, 5) is 24.7. The second-order valence-corrected chi connectivity index (χ2v) is 5.98. The van der Waals surface area contributed by atoms with Gasteiger partial charge in [-0.3, -0.25) is 14.9 Å². The first-order valence-corrected chi connectivity index (χ1v) is 7.99. The van der Waals surface area contributed by atoms with Crippen LogP contribution in [0.4, 0.5) is 5.82 Å². The van der Waals surface area contributed by atoms with Crippen LogP contribution >= 0.6 is 0 Å². The summed E-state index contributed by atoms with van der Waals surface area (Å²) in [6.07, 6.45) is 1.42. The average molecular weight is 362 g/mol. The number of aromatic hydroxyl groups is 2. The number of para-hydroxylation sites is 1. The van der Waals surface area contributed by atoms with Gasteiger partial charge in [-0.2, -0.15) is 5.10 Å². The third-order valence-corrected chi connectivity index (χ3v) is 4.11. The number of anilines is 1. The maximum absolute atomic E-state index is 12.4. The summed E-state index contributed by atoms with van der Waals surface area (Å²) in [5.74, 6) is -1.50. The number of nitrogens with two attached hydrogens (primary N) is 1. The van der Waals surface area contributed by atoms with Crippen molar-refractivity contribution >= 4 is 29.3 Å². The first-order valence-electron chi connectivity index (χ1n) is 7.99. The molecule has 3 aromatic rings. The molecule has 1 aliphatic rings. The van der Waals surface area contributed by atoms with Gasteiger partial charge < -0.3 is 15.9 Å². The van der Waals surface area contributed by atoms with Gasteiger partial charge in [0.05, 0.1) is 11.3 Å². The van der Waals surface area contributed by atoms with Crippen LogP contribution in [0.3, 0.4) is 0 Å². The van der Waals surface area contributed by atoms with E-state index >= 15 is 0 Å². The molecule has 4 rings (SSSR count). The highest BCUT2D eigenvalue weighted by Crippen LogP contribution is 2.32. The molecule has 8 nitrogen and oxygen atoms in total. The normalized spacial score (nSPS) is 14.9. The van der Waals surface area contributed by atoms with Crippen LogP contribution in [-0.2, 0) is 4.79 Å². The zero-order valence-corrected chi connectivity index (χ0v) is 13.9. The van der Waals surface area contributed by atoms with Gasteiger partial charge in [0.15, 0.2) is 0 Å². The molecular formula is C19H14N4O4. The summed E-state index contributed by atoms with van der Waals surface area (Å²) in [7, 11) is 0. The van der Waals surface area contributed by atoms with Gasteiger partial charge in [-0.05, 0) is 35.9 Å². The Balaban J connectivity index is 1.92. The standard InChI is InChI=1S/C19H14N4O4/c20-17-15-16(22-23(17)11-4-2-1-3-5-11)14(18(26)21-19(15)27)8-10-6-12(24)9-13(25)7-10/h1-9,24-25H,20H2,(H,21,26,27)/b14-8+. The fraction of sp³-hybridized carbons (Fsp3) is 0. The van der Waals surface area contributed by atoms with Crippen LogP contribution in [0.5, 0.6) is 11.5 Å². The van der Waals surface area contributed by atoms with Crippen molar-refractivity contribution in [3.63, 3.8) is 0 Å². The first kappa shape index (κ1) is 16.4. The average Bonchev–Trinajstić information content (AvgIpc) is 2.96. The van der Waals surface area contributed by atoms with E-state index in [2.05, 4.69) is 10.4 Å². The molecular weight excluding hydrogens is 348 g/mol. The number of phenols is 2. The largest absolute Gasteiger partial charge is 0.508 e. The van der Waals surface area contributed by atoms with E-state index in [0.29, 0.717) is 11.3 Å². The lowest BCUT2D eigenvalue weighted by molar-refractivity contribution is -0.114. The topological polar surface area (TPSA) is 130 Å². The van der Waals surface area contributed by atoms with E-state index in [4.69, 9.17) is 5.73 Å². The molecule has 0 unspecified atom stereocenters. The Bertz CT molecular complexity index is 1100. The van der Waals surface area contributed by atoms with Crippen LogP contribution < -0.4 is 11.1 Å². The van der Waals surface area contributed by atoms with E-state index in [9.17, 15) is 19.8 Å². The van der Waals surface area contributed by atoms with Crippen molar-refractivity contribution in [1.29, 1.82) is 0 Å². The molecule has 0 radical (unpaired) electrons. The maximum Gasteiger partial charge on any atom is 0.264 e. The van der Waals surface area contributed by atoms with Crippen molar-refractivity contribution < 1.29 is 19.8 Å². The fourth-order valence-corrected chi connectivity index (χ4v) is 2.95. The minimum Gasteiger partial charge on any atom is -0.508 e. The maximum atomic E-state index is 12.4. The number of fused-ring (bicyclic) bond motifs is 1. The predicted molar refractivity (Wildman–Crippen MR) is 98.1 cm³/mol. The molecule has 5 N–H and O–H groups in total. The van der Waals surface area contributed by atoms with Crippen molar-refractivity contribution in [3.05, 3.63) is 65.4 Å². The highest BCUT2D eigenvalue weighted by Gasteiger charge is 2.34. The van der Waals surface area contributed by atoms with Gasteiger partial charge in [0, 0.05) is 6.07 Å². The molecule has 1 aromatic heterocycles. The zero-order valence-electron chi connectivity index (χ0n) is 13.9. The van der Waals surface area contributed by atoms with E-state index in [-0.39, 0.29) is 34.1 Å². The summed E-state index contributed by atoms with van der Waals surface area (Å²) < 4.78 is 1.39. The molecule has 27 heavy (non-hydrogen) atoms. The van der Waals surface area contributed by atoms with Gasteiger partial charge in [-0.15, -0.1) is 0 Å². The fourth-order valence-electron chi connectivity index (χ4n) is 2.95. The zero-order chi connectivity index (χ0) is 19.1. The van der Waals surface area contributed by atoms with Crippen LogP contribution in [0.25, 0.3) is 17.3 Å². The van der Waals surface area contributed by atoms with Crippen molar-refractivity contribution in [3.8, 4) is 17.2 Å². The van der Waals surface area contributed by atoms with Gasteiger partial charge in [0.25, 0.3) is 11.8 Å². The predicted octanol–water partition coefficient (Wildman–Crippen LogP) is 1.68. The van der Waals surface area contributed by atoms with Crippen LogP contribution in [0.1, 0.15) is 21.6 Å². The molecule has 2 amide bonds. The SMILES string of the molecule is Nc1c2c(nn1-c1ccccc1)/C(=C\c1cc(O)cc(O)c1)C(=O)NC2=O. The molecule has 8 heteroatoms. The van der Waals surface area contributed by atoms with E-state index in [1.807, 2.05) is 6.07 Å². The van der Waals surface area contributed by atoms with Crippen molar-refractivity contribution in [2.24, 2.45) is 0 Å². The van der Waals surface area contributed by atoms with Gasteiger partial charge in [-0.25, -0.2) is 4.68 Å². The summed E-state index contributed by atoms with van der Waals surface area (Å²) in [6, 6.07) is 12.9. The van der Waals surface area contributed by atoms with Crippen LogP contribution in [0.15, 0.2) is 48.5 Å². The Kier molecular flexibility index (Phi) is 3.66. The van der Waals surface area contributed by atoms with Gasteiger partial charge in [0.1, 0.15) is 28.6 Å². The van der Waals surface area contributed by atoms with Crippen molar-refractivity contribution in [2.45, 2.75) is 0 Å². The van der Waals surface area contributed by atoms with Crippen LogP contribution in [-0.4, -0.2) is 31.8 Å². The quantitative estimate of drug-likeness (QED) is 0.405. The number of phenolic OH excluding ortho intramolecular Hbond substituents is 2. The minimum atomic E-state index is -0.645. The number of imide groups is 1. The van der Waals surface area contributed by atoms with Gasteiger partial charge in [-0.1, -0.05) is 18.2 Å². The first-order chi connectivity index (χ1) is 12.9. The Hall–Kier alpha value is -4.07. The minimum absolute atomic E-state index is 0.0917.